The zero-order valence-electron chi connectivity index (χ0n) is 44.2. The number of fused-ring (bicyclic) bond motifs is 12. The van der Waals surface area contributed by atoms with E-state index < -0.39 is 0 Å². The summed E-state index contributed by atoms with van der Waals surface area (Å²) < 4.78 is 18.6. The van der Waals surface area contributed by atoms with Gasteiger partial charge in [-0.05, 0) is 112 Å². The van der Waals surface area contributed by atoms with E-state index in [2.05, 4.69) is 269 Å². The van der Waals surface area contributed by atoms with Gasteiger partial charge in [0.15, 0.2) is 0 Å². The fourth-order valence-corrected chi connectivity index (χ4v) is 13.1. The van der Waals surface area contributed by atoms with E-state index in [4.69, 9.17) is 13.8 Å². The van der Waals surface area contributed by atoms with Crippen LogP contribution in [0.25, 0.3) is 166 Å². The molecule has 6 heteroatoms. The second-order valence-corrected chi connectivity index (χ2v) is 21.1. The molecule has 0 aliphatic rings. The quantitative estimate of drug-likeness (QED) is 0.152. The first-order valence-corrected chi connectivity index (χ1v) is 27.8. The molecule has 82 heavy (non-hydrogen) atoms. The predicted molar refractivity (Wildman–Crippen MR) is 338 cm³/mol. The van der Waals surface area contributed by atoms with Gasteiger partial charge in [-0.3, -0.25) is 4.98 Å². The van der Waals surface area contributed by atoms with Crippen molar-refractivity contribution in [3.63, 3.8) is 0 Å². The van der Waals surface area contributed by atoms with Gasteiger partial charge < -0.3 is 18.0 Å². The zero-order chi connectivity index (χ0) is 53.8. The molecule has 17 rings (SSSR count). The summed E-state index contributed by atoms with van der Waals surface area (Å²) in [6.07, 6.45) is 3.78. The second kappa shape index (κ2) is 18.2. The minimum Gasteiger partial charge on any atom is -0.456 e. The molecular weight excluding hydrogens is 1000 g/mol. The largest absolute Gasteiger partial charge is 0.456 e. The summed E-state index contributed by atoms with van der Waals surface area (Å²) >= 11 is 0. The molecule has 0 aliphatic heterocycles. The summed E-state index contributed by atoms with van der Waals surface area (Å²) in [7, 11) is 0. The Hall–Kier alpha value is -11.1. The fourth-order valence-electron chi connectivity index (χ4n) is 13.1. The van der Waals surface area contributed by atoms with E-state index in [-0.39, 0.29) is 0 Å². The van der Waals surface area contributed by atoms with E-state index >= 15 is 0 Å². The Morgan fingerprint density at radius 3 is 1.18 bits per heavy atom. The number of rotatable bonds is 8. The van der Waals surface area contributed by atoms with Crippen LogP contribution in [0.3, 0.4) is 0 Å². The molecule has 0 aliphatic carbocycles. The van der Waals surface area contributed by atoms with Crippen molar-refractivity contribution in [2.24, 2.45) is 0 Å². The third-order valence-electron chi connectivity index (χ3n) is 16.7. The van der Waals surface area contributed by atoms with Crippen LogP contribution in [0.4, 0.5) is 0 Å². The highest BCUT2D eigenvalue weighted by atomic mass is 16.3. The first kappa shape index (κ1) is 45.9. The molecule has 0 N–H and O–H groups in total. The maximum atomic E-state index is 6.81. The van der Waals surface area contributed by atoms with Crippen LogP contribution in [0.15, 0.2) is 288 Å². The van der Waals surface area contributed by atoms with Crippen LogP contribution in [0, 0.1) is 0 Å². The van der Waals surface area contributed by atoms with Crippen LogP contribution >= 0.6 is 0 Å². The molecule has 0 atom stereocenters. The van der Waals surface area contributed by atoms with Gasteiger partial charge in [0.05, 0.1) is 44.8 Å². The SMILES string of the molecule is c1ccc(-c2ccc3c(c2)c2ccccc2n3-c2c(-c3cccc4oc5ccccc5c34)nc(-c3cccc4oc5ccccc5c34)c(-n3c4ccccc4c4cc(-c5ccccc5)ccc43)c2-c2ccccc2-c2ccncc2)cc1. The average Bonchev–Trinajstić information content (AvgIpc) is 2.80. The maximum Gasteiger partial charge on any atom is 0.136 e. The Morgan fingerprint density at radius 1 is 0.268 bits per heavy atom. The van der Waals surface area contributed by atoms with Crippen molar-refractivity contribution < 1.29 is 8.83 Å². The number of hydrogen-bond donors (Lipinski definition) is 0. The van der Waals surface area contributed by atoms with Crippen LogP contribution in [0.2, 0.25) is 0 Å². The Kier molecular flexibility index (Phi) is 10.2. The summed E-state index contributed by atoms with van der Waals surface area (Å²) in [4.78, 5) is 11.0. The molecule has 6 aromatic heterocycles. The average molecular weight is 1050 g/mol. The normalized spacial score (nSPS) is 11.9. The van der Waals surface area contributed by atoms with E-state index in [9.17, 15) is 0 Å². The molecule has 0 saturated carbocycles. The van der Waals surface area contributed by atoms with Crippen molar-refractivity contribution in [3.05, 3.63) is 279 Å². The number of nitrogens with zero attached hydrogens (tertiary/aromatic N) is 4. The molecule has 0 bridgehead atoms. The van der Waals surface area contributed by atoms with E-state index in [0.717, 1.165) is 166 Å². The Labute approximate surface area is 470 Å². The number of aromatic nitrogens is 4. The standard InChI is InChI=1S/C76H46N4O2/c1-3-19-47(20-4-1)50-37-39-64-60(45-50)53-24-9-13-31-62(53)79(64)75-72(55-26-8-7-23-52(55)49-41-43-77-44-42-49)76(80-63-32-14-10-25-54(63)61-46-51(38-40-65(61)80)48-21-5-2-6-22-48)74(59-30-18-36-69-71(59)57-28-12-16-34-67(57)82-69)78-73(75)58-29-17-35-68-70(58)56-27-11-15-33-66(56)81-68/h1-46H. The van der Waals surface area contributed by atoms with Crippen LogP contribution in [0.1, 0.15) is 0 Å². The van der Waals surface area contributed by atoms with Gasteiger partial charge in [0.2, 0.25) is 0 Å². The molecular formula is C76H46N4O2. The highest BCUT2D eigenvalue weighted by molar-refractivity contribution is 6.20. The second-order valence-electron chi connectivity index (χ2n) is 21.1. The lowest BCUT2D eigenvalue weighted by molar-refractivity contribution is 0.668. The Balaban J connectivity index is 1.15. The molecule has 0 unspecified atom stereocenters. The van der Waals surface area contributed by atoms with Crippen molar-refractivity contribution in [3.8, 4) is 78.4 Å². The molecule has 0 spiro atoms. The van der Waals surface area contributed by atoms with Gasteiger partial charge in [0.25, 0.3) is 0 Å². The van der Waals surface area contributed by atoms with Crippen molar-refractivity contribution >= 4 is 87.5 Å². The summed E-state index contributed by atoms with van der Waals surface area (Å²) in [5.74, 6) is 0. The van der Waals surface area contributed by atoms with Crippen LogP contribution < -0.4 is 0 Å². The fraction of sp³-hybridized carbons (Fsp3) is 0. The van der Waals surface area contributed by atoms with Crippen molar-refractivity contribution in [1.29, 1.82) is 0 Å². The van der Waals surface area contributed by atoms with E-state index in [1.165, 1.54) is 0 Å². The van der Waals surface area contributed by atoms with Gasteiger partial charge in [-0.2, -0.15) is 0 Å². The van der Waals surface area contributed by atoms with Crippen LogP contribution in [0.5, 0.6) is 0 Å². The van der Waals surface area contributed by atoms with Gasteiger partial charge in [0.1, 0.15) is 22.3 Å². The Bertz CT molecular complexity index is 5100. The van der Waals surface area contributed by atoms with Gasteiger partial charge in [-0.15, -0.1) is 0 Å². The van der Waals surface area contributed by atoms with E-state index in [1.54, 1.807) is 0 Å². The van der Waals surface area contributed by atoms with Gasteiger partial charge in [-0.25, -0.2) is 4.98 Å². The lowest BCUT2D eigenvalue weighted by Crippen LogP contribution is -2.11. The first-order chi connectivity index (χ1) is 40.7. The van der Waals surface area contributed by atoms with Crippen molar-refractivity contribution in [1.82, 2.24) is 19.1 Å². The zero-order valence-corrected chi connectivity index (χ0v) is 44.2. The third-order valence-corrected chi connectivity index (χ3v) is 16.7. The van der Waals surface area contributed by atoms with Crippen LogP contribution in [-0.4, -0.2) is 19.1 Å². The number of furan rings is 2. The smallest absolute Gasteiger partial charge is 0.136 e. The van der Waals surface area contributed by atoms with Gasteiger partial charge in [-0.1, -0.05) is 194 Å². The minimum absolute atomic E-state index is 0.782. The molecule has 17 aromatic rings. The number of pyridine rings is 2. The van der Waals surface area contributed by atoms with Gasteiger partial charge in [0, 0.05) is 72.2 Å². The van der Waals surface area contributed by atoms with Crippen molar-refractivity contribution in [2.45, 2.75) is 0 Å². The number of para-hydroxylation sites is 4. The lowest BCUT2D eigenvalue weighted by Gasteiger charge is -2.27. The number of benzene rings is 11. The molecule has 6 heterocycles. The number of hydrogen-bond acceptors (Lipinski definition) is 4. The summed E-state index contributed by atoms with van der Waals surface area (Å²) in [6.45, 7) is 0. The maximum absolute atomic E-state index is 6.81. The monoisotopic (exact) mass is 1050 g/mol. The Morgan fingerprint density at radius 2 is 0.671 bits per heavy atom. The summed E-state index contributed by atoms with van der Waals surface area (Å²) in [6, 6.07) is 95.7. The molecule has 0 fully saturated rings. The molecule has 11 aromatic carbocycles. The van der Waals surface area contributed by atoms with Gasteiger partial charge >= 0.3 is 0 Å². The first-order valence-electron chi connectivity index (χ1n) is 27.8. The molecule has 6 nitrogen and oxygen atoms in total. The van der Waals surface area contributed by atoms with Crippen molar-refractivity contribution in [2.75, 3.05) is 0 Å². The van der Waals surface area contributed by atoms with E-state index in [0.29, 0.717) is 0 Å². The highest BCUT2D eigenvalue weighted by Crippen LogP contribution is 2.53. The minimum atomic E-state index is 0.782. The van der Waals surface area contributed by atoms with E-state index in [1.807, 2.05) is 24.5 Å². The highest BCUT2D eigenvalue weighted by Gasteiger charge is 2.33. The molecule has 0 saturated heterocycles. The molecule has 0 amide bonds. The molecule has 382 valence electrons. The molecule has 0 radical (unpaired) electrons. The summed E-state index contributed by atoms with van der Waals surface area (Å²) in [5.41, 5.74) is 21.4. The predicted octanol–water partition coefficient (Wildman–Crippen LogP) is 20.5. The summed E-state index contributed by atoms with van der Waals surface area (Å²) in [5, 5.41) is 8.53. The third kappa shape index (κ3) is 6.95. The van der Waals surface area contributed by atoms with Crippen LogP contribution in [-0.2, 0) is 0 Å². The topological polar surface area (TPSA) is 61.9 Å². The lowest BCUT2D eigenvalue weighted by atomic mass is 9.88.